The number of nitrogens with zero attached hydrogens (tertiary/aromatic N) is 3. The predicted molar refractivity (Wildman–Crippen MR) is 66.1 cm³/mol. The minimum absolute atomic E-state index is 0.395. The molecule has 96 valence electrons. The highest BCUT2D eigenvalue weighted by molar-refractivity contribution is 7.88. The van der Waals surface area contributed by atoms with Gasteiger partial charge >= 0.3 is 0 Å². The van der Waals surface area contributed by atoms with Crippen LogP contribution in [0, 0.1) is 12.8 Å². The van der Waals surface area contributed by atoms with Gasteiger partial charge in [0.2, 0.25) is 10.0 Å². The third-order valence-corrected chi connectivity index (χ3v) is 4.60. The minimum Gasteiger partial charge on any atom is -0.335 e. The molecule has 0 bridgehead atoms. The van der Waals surface area contributed by atoms with Crippen LogP contribution in [0.1, 0.15) is 18.7 Å². The van der Waals surface area contributed by atoms with Crippen molar-refractivity contribution in [3.63, 3.8) is 0 Å². The maximum absolute atomic E-state index is 11.5. The van der Waals surface area contributed by atoms with Gasteiger partial charge in [-0.2, -0.15) is 0 Å². The zero-order valence-electron chi connectivity index (χ0n) is 10.3. The smallest absolute Gasteiger partial charge is 0.211 e. The van der Waals surface area contributed by atoms with E-state index in [9.17, 15) is 8.42 Å². The molecule has 1 unspecified atom stereocenters. The molecule has 2 rings (SSSR count). The largest absolute Gasteiger partial charge is 0.335 e. The zero-order valence-corrected chi connectivity index (χ0v) is 11.2. The van der Waals surface area contributed by atoms with Gasteiger partial charge in [0.25, 0.3) is 0 Å². The number of hydrogen-bond donors (Lipinski definition) is 0. The molecule has 0 spiro atoms. The fourth-order valence-corrected chi connectivity index (χ4v) is 3.29. The van der Waals surface area contributed by atoms with Gasteiger partial charge in [0.05, 0.1) is 6.26 Å². The molecule has 0 saturated carbocycles. The topological polar surface area (TPSA) is 55.2 Å². The monoisotopic (exact) mass is 257 g/mol. The Labute approximate surface area is 103 Å². The summed E-state index contributed by atoms with van der Waals surface area (Å²) in [5.74, 6) is 1.38. The third-order valence-electron chi connectivity index (χ3n) is 3.33. The van der Waals surface area contributed by atoms with Crippen LogP contribution in [0.15, 0.2) is 12.4 Å². The van der Waals surface area contributed by atoms with E-state index >= 15 is 0 Å². The molecule has 1 aliphatic rings. The summed E-state index contributed by atoms with van der Waals surface area (Å²) in [5.41, 5.74) is 0. The van der Waals surface area contributed by atoms with E-state index in [-0.39, 0.29) is 0 Å². The maximum Gasteiger partial charge on any atom is 0.211 e. The highest BCUT2D eigenvalue weighted by Gasteiger charge is 2.26. The van der Waals surface area contributed by atoms with E-state index in [2.05, 4.69) is 9.55 Å². The Morgan fingerprint density at radius 1 is 1.53 bits per heavy atom. The molecule has 0 amide bonds. The van der Waals surface area contributed by atoms with Gasteiger partial charge in [0.15, 0.2) is 0 Å². The minimum atomic E-state index is -3.04. The molecule has 0 aromatic carbocycles. The molecule has 0 radical (unpaired) electrons. The van der Waals surface area contributed by atoms with Crippen LogP contribution in [-0.2, 0) is 16.6 Å². The second kappa shape index (κ2) is 4.78. The summed E-state index contributed by atoms with van der Waals surface area (Å²) < 4.78 is 26.7. The van der Waals surface area contributed by atoms with Gasteiger partial charge in [0.1, 0.15) is 5.82 Å². The lowest BCUT2D eigenvalue weighted by Gasteiger charge is -2.31. The predicted octanol–water partition coefficient (Wildman–Crippen LogP) is 0.863. The van der Waals surface area contributed by atoms with Gasteiger partial charge in [0, 0.05) is 32.0 Å². The molecule has 1 aliphatic heterocycles. The first-order chi connectivity index (χ1) is 7.97. The maximum atomic E-state index is 11.5. The molecule has 2 heterocycles. The molecule has 1 aromatic heterocycles. The van der Waals surface area contributed by atoms with Crippen molar-refractivity contribution in [3.05, 3.63) is 18.2 Å². The molecular formula is C11H19N3O2S. The lowest BCUT2D eigenvalue weighted by Crippen LogP contribution is -2.40. The van der Waals surface area contributed by atoms with E-state index in [0.29, 0.717) is 19.0 Å². The first-order valence-corrected chi connectivity index (χ1v) is 7.74. The number of sulfonamides is 1. The van der Waals surface area contributed by atoms with Crippen LogP contribution >= 0.6 is 0 Å². The summed E-state index contributed by atoms with van der Waals surface area (Å²) in [6, 6.07) is 0. The Balaban J connectivity index is 2.01. The summed E-state index contributed by atoms with van der Waals surface area (Å²) in [4.78, 5) is 4.18. The molecule has 1 aromatic rings. The Kier molecular flexibility index (Phi) is 3.53. The number of aryl methyl sites for hydroxylation is 1. The Morgan fingerprint density at radius 2 is 2.29 bits per heavy atom. The summed E-state index contributed by atoms with van der Waals surface area (Å²) in [6.07, 6.45) is 7.06. The lowest BCUT2D eigenvalue weighted by molar-refractivity contribution is 0.245. The number of piperidine rings is 1. The van der Waals surface area contributed by atoms with Gasteiger partial charge in [-0.1, -0.05) is 0 Å². The Hall–Kier alpha value is -0.880. The second-order valence-corrected chi connectivity index (χ2v) is 6.74. The number of rotatable bonds is 3. The van der Waals surface area contributed by atoms with Crippen molar-refractivity contribution >= 4 is 10.0 Å². The Morgan fingerprint density at radius 3 is 2.88 bits per heavy atom. The zero-order chi connectivity index (χ0) is 12.5. The number of aromatic nitrogens is 2. The fraction of sp³-hybridized carbons (Fsp3) is 0.727. The summed E-state index contributed by atoms with van der Waals surface area (Å²) >= 11 is 0. The van der Waals surface area contributed by atoms with E-state index in [0.717, 1.165) is 25.2 Å². The van der Waals surface area contributed by atoms with Crippen LogP contribution in [0.25, 0.3) is 0 Å². The van der Waals surface area contributed by atoms with E-state index in [1.807, 2.05) is 13.1 Å². The van der Waals surface area contributed by atoms with Crippen molar-refractivity contribution in [2.24, 2.45) is 5.92 Å². The van der Waals surface area contributed by atoms with Gasteiger partial charge in [-0.25, -0.2) is 17.7 Å². The summed E-state index contributed by atoms with van der Waals surface area (Å²) in [7, 11) is -3.04. The van der Waals surface area contributed by atoms with E-state index in [4.69, 9.17) is 0 Å². The fourth-order valence-electron chi connectivity index (χ4n) is 2.35. The quantitative estimate of drug-likeness (QED) is 0.807. The molecule has 6 heteroatoms. The first-order valence-electron chi connectivity index (χ1n) is 5.89. The van der Waals surface area contributed by atoms with Crippen molar-refractivity contribution in [1.29, 1.82) is 0 Å². The molecule has 0 aliphatic carbocycles. The molecule has 1 fully saturated rings. The average molecular weight is 257 g/mol. The van der Waals surface area contributed by atoms with Crippen LogP contribution in [0.4, 0.5) is 0 Å². The van der Waals surface area contributed by atoms with Gasteiger partial charge in [-0.3, -0.25) is 0 Å². The number of hydrogen-bond acceptors (Lipinski definition) is 3. The summed E-state index contributed by atoms with van der Waals surface area (Å²) in [6.45, 7) is 4.13. The highest BCUT2D eigenvalue weighted by Crippen LogP contribution is 2.20. The number of imidazole rings is 1. The van der Waals surface area contributed by atoms with Gasteiger partial charge in [-0.15, -0.1) is 0 Å². The first kappa shape index (κ1) is 12.6. The van der Waals surface area contributed by atoms with Gasteiger partial charge in [-0.05, 0) is 25.7 Å². The van der Waals surface area contributed by atoms with Crippen LogP contribution < -0.4 is 0 Å². The van der Waals surface area contributed by atoms with Gasteiger partial charge < -0.3 is 4.57 Å². The Bertz CT molecular complexity index is 481. The van der Waals surface area contributed by atoms with E-state index < -0.39 is 10.0 Å². The third kappa shape index (κ3) is 3.07. The highest BCUT2D eigenvalue weighted by atomic mass is 32.2. The van der Waals surface area contributed by atoms with E-state index in [1.54, 1.807) is 10.5 Å². The molecule has 1 atom stereocenters. The van der Waals surface area contributed by atoms with Crippen molar-refractivity contribution in [2.75, 3.05) is 19.3 Å². The van der Waals surface area contributed by atoms with Crippen molar-refractivity contribution in [1.82, 2.24) is 13.9 Å². The molecular weight excluding hydrogens is 238 g/mol. The second-order valence-electron chi connectivity index (χ2n) is 4.76. The molecule has 0 N–H and O–H groups in total. The van der Waals surface area contributed by atoms with Crippen LogP contribution in [0.3, 0.4) is 0 Å². The van der Waals surface area contributed by atoms with Crippen molar-refractivity contribution in [2.45, 2.75) is 26.3 Å². The molecule has 1 saturated heterocycles. The molecule has 17 heavy (non-hydrogen) atoms. The van der Waals surface area contributed by atoms with Crippen molar-refractivity contribution in [3.8, 4) is 0 Å². The van der Waals surface area contributed by atoms with Crippen LogP contribution in [0.2, 0.25) is 0 Å². The standard InChI is InChI=1S/C11H19N3O2S/c1-10-12-5-7-13(10)8-11-4-3-6-14(9-11)17(2,15)16/h5,7,11H,3-4,6,8-9H2,1-2H3. The average Bonchev–Trinajstić information content (AvgIpc) is 2.64. The normalized spacial score (nSPS) is 22.8. The summed E-state index contributed by atoms with van der Waals surface area (Å²) in [5, 5.41) is 0. The molecule has 5 nitrogen and oxygen atoms in total. The van der Waals surface area contributed by atoms with E-state index in [1.165, 1.54) is 6.26 Å². The SMILES string of the molecule is Cc1nccn1CC1CCCN(S(C)(=O)=O)C1. The van der Waals surface area contributed by atoms with Crippen LogP contribution in [0.5, 0.6) is 0 Å². The van der Waals surface area contributed by atoms with Crippen LogP contribution in [-0.4, -0.2) is 41.6 Å². The lowest BCUT2D eigenvalue weighted by atomic mass is 10.00. The van der Waals surface area contributed by atoms with Crippen molar-refractivity contribution < 1.29 is 8.42 Å².